The van der Waals surface area contributed by atoms with E-state index in [9.17, 15) is 4.39 Å². The predicted octanol–water partition coefficient (Wildman–Crippen LogP) is 2.20. The minimum atomic E-state index is -0.468. The monoisotopic (exact) mass is 254 g/mol. The van der Waals surface area contributed by atoms with E-state index in [-0.39, 0.29) is 22.1 Å². The Labute approximate surface area is 103 Å². The maximum Gasteiger partial charge on any atom is 0.151 e. The van der Waals surface area contributed by atoms with E-state index in [1.807, 2.05) is 6.92 Å². The summed E-state index contributed by atoms with van der Waals surface area (Å²) in [6.07, 6.45) is 0.604. The second-order valence-corrected chi connectivity index (χ2v) is 3.99. The maximum atomic E-state index is 13.7. The van der Waals surface area contributed by atoms with Crippen molar-refractivity contribution in [3.05, 3.63) is 34.9 Å². The average molecular weight is 255 g/mol. The van der Waals surface area contributed by atoms with Crippen LogP contribution in [-0.4, -0.2) is 9.66 Å². The number of nitrogens with zero attached hydrogens (tertiary/aromatic N) is 2. The molecular formula is C11H12ClFN4. The summed E-state index contributed by atoms with van der Waals surface area (Å²) < 4.78 is 15.0. The molecule has 0 atom stereocenters. The highest BCUT2D eigenvalue weighted by atomic mass is 35.5. The minimum Gasteiger partial charge on any atom is -0.382 e. The van der Waals surface area contributed by atoms with Crippen LogP contribution in [0.1, 0.15) is 12.7 Å². The van der Waals surface area contributed by atoms with Crippen molar-refractivity contribution in [1.29, 1.82) is 0 Å². The van der Waals surface area contributed by atoms with Gasteiger partial charge in [0, 0.05) is 6.42 Å². The molecule has 0 aliphatic carbocycles. The van der Waals surface area contributed by atoms with Gasteiger partial charge in [0.05, 0.1) is 10.6 Å². The first-order chi connectivity index (χ1) is 8.06. The Morgan fingerprint density at radius 3 is 2.71 bits per heavy atom. The smallest absolute Gasteiger partial charge is 0.151 e. The molecule has 0 bridgehead atoms. The Morgan fingerprint density at radius 2 is 2.18 bits per heavy atom. The van der Waals surface area contributed by atoms with Gasteiger partial charge in [-0.15, -0.1) is 0 Å². The lowest BCUT2D eigenvalue weighted by molar-refractivity contribution is 0.631. The topological polar surface area (TPSA) is 69.9 Å². The Balaban J connectivity index is 2.69. The Morgan fingerprint density at radius 1 is 1.47 bits per heavy atom. The van der Waals surface area contributed by atoms with Gasteiger partial charge < -0.3 is 11.6 Å². The molecule has 0 amide bonds. The van der Waals surface area contributed by atoms with Gasteiger partial charge in [0.15, 0.2) is 5.82 Å². The van der Waals surface area contributed by atoms with E-state index in [0.717, 1.165) is 0 Å². The molecule has 2 rings (SSSR count). The molecule has 0 spiro atoms. The lowest BCUT2D eigenvalue weighted by atomic mass is 10.1. The molecular weight excluding hydrogens is 243 g/mol. The van der Waals surface area contributed by atoms with Crippen molar-refractivity contribution in [2.75, 3.05) is 11.6 Å². The molecule has 1 aromatic heterocycles. The molecule has 6 heteroatoms. The highest BCUT2D eigenvalue weighted by Gasteiger charge is 2.19. The SMILES string of the molecule is CCc1nc(-c2c(F)cccc2Cl)c(N)n1N. The Bertz CT molecular complexity index is 545. The average Bonchev–Trinajstić information content (AvgIpc) is 2.57. The fourth-order valence-electron chi connectivity index (χ4n) is 1.65. The second kappa shape index (κ2) is 4.25. The number of rotatable bonds is 2. The van der Waals surface area contributed by atoms with Crippen molar-refractivity contribution in [1.82, 2.24) is 9.66 Å². The normalized spacial score (nSPS) is 10.8. The van der Waals surface area contributed by atoms with E-state index in [4.69, 9.17) is 23.2 Å². The molecule has 0 aliphatic rings. The molecule has 90 valence electrons. The fourth-order valence-corrected chi connectivity index (χ4v) is 1.90. The van der Waals surface area contributed by atoms with Crippen LogP contribution in [0.4, 0.5) is 10.2 Å². The van der Waals surface area contributed by atoms with Gasteiger partial charge in [0.25, 0.3) is 0 Å². The third kappa shape index (κ3) is 1.82. The van der Waals surface area contributed by atoms with Crippen LogP contribution in [0, 0.1) is 5.82 Å². The van der Waals surface area contributed by atoms with Crippen molar-refractivity contribution in [2.45, 2.75) is 13.3 Å². The number of nitrogens with two attached hydrogens (primary N) is 2. The largest absolute Gasteiger partial charge is 0.382 e. The molecule has 0 saturated heterocycles. The number of nitrogen functional groups attached to an aromatic ring is 2. The lowest BCUT2D eigenvalue weighted by Crippen LogP contribution is -2.14. The Hall–Kier alpha value is -1.75. The van der Waals surface area contributed by atoms with E-state index < -0.39 is 5.82 Å². The van der Waals surface area contributed by atoms with Crippen molar-refractivity contribution >= 4 is 17.4 Å². The lowest BCUT2D eigenvalue weighted by Gasteiger charge is -2.04. The van der Waals surface area contributed by atoms with E-state index in [2.05, 4.69) is 4.98 Å². The Kier molecular flexibility index (Phi) is 2.93. The predicted molar refractivity (Wildman–Crippen MR) is 66.6 cm³/mol. The third-order valence-electron chi connectivity index (χ3n) is 2.54. The van der Waals surface area contributed by atoms with Crippen LogP contribution in [-0.2, 0) is 6.42 Å². The van der Waals surface area contributed by atoms with E-state index >= 15 is 0 Å². The molecule has 0 unspecified atom stereocenters. The zero-order valence-corrected chi connectivity index (χ0v) is 10.0. The number of hydrogen-bond donors (Lipinski definition) is 2. The molecule has 0 radical (unpaired) electrons. The van der Waals surface area contributed by atoms with Crippen LogP contribution in [0.2, 0.25) is 5.02 Å². The number of anilines is 1. The van der Waals surface area contributed by atoms with Crippen LogP contribution in [0.5, 0.6) is 0 Å². The summed E-state index contributed by atoms with van der Waals surface area (Å²) in [5.74, 6) is 6.03. The highest BCUT2D eigenvalue weighted by molar-refractivity contribution is 6.33. The number of hydrogen-bond acceptors (Lipinski definition) is 3. The van der Waals surface area contributed by atoms with Crippen LogP contribution >= 0.6 is 11.6 Å². The van der Waals surface area contributed by atoms with Crippen molar-refractivity contribution < 1.29 is 4.39 Å². The van der Waals surface area contributed by atoms with E-state index in [0.29, 0.717) is 12.2 Å². The van der Waals surface area contributed by atoms with Crippen LogP contribution in [0.15, 0.2) is 18.2 Å². The molecule has 1 aromatic carbocycles. The van der Waals surface area contributed by atoms with Gasteiger partial charge in [-0.3, -0.25) is 0 Å². The zero-order chi connectivity index (χ0) is 12.6. The second-order valence-electron chi connectivity index (χ2n) is 3.58. The molecule has 0 saturated carbocycles. The molecule has 4 N–H and O–H groups in total. The van der Waals surface area contributed by atoms with Crippen molar-refractivity contribution in [3.63, 3.8) is 0 Å². The first kappa shape index (κ1) is 11.7. The summed E-state index contributed by atoms with van der Waals surface area (Å²) in [6.45, 7) is 1.89. The van der Waals surface area contributed by atoms with Gasteiger partial charge in [-0.1, -0.05) is 24.6 Å². The van der Waals surface area contributed by atoms with Gasteiger partial charge in [-0.05, 0) is 12.1 Å². The van der Waals surface area contributed by atoms with Crippen LogP contribution in [0.3, 0.4) is 0 Å². The van der Waals surface area contributed by atoms with Crippen molar-refractivity contribution in [3.8, 4) is 11.3 Å². The van der Waals surface area contributed by atoms with Gasteiger partial charge >= 0.3 is 0 Å². The third-order valence-corrected chi connectivity index (χ3v) is 2.85. The molecule has 0 aliphatic heterocycles. The first-order valence-corrected chi connectivity index (χ1v) is 5.50. The molecule has 17 heavy (non-hydrogen) atoms. The summed E-state index contributed by atoms with van der Waals surface area (Å²) in [4.78, 5) is 4.21. The standard InChI is InChI=1S/C11H12ClFN4/c1-2-8-16-10(11(14)17(8)15)9-6(12)4-3-5-7(9)13/h3-5H,2,14-15H2,1H3. The number of aromatic nitrogens is 2. The van der Waals surface area contributed by atoms with Gasteiger partial charge in [-0.2, -0.15) is 0 Å². The van der Waals surface area contributed by atoms with Gasteiger partial charge in [-0.25, -0.2) is 14.1 Å². The summed E-state index contributed by atoms with van der Waals surface area (Å²) in [6, 6.07) is 4.42. The molecule has 4 nitrogen and oxygen atoms in total. The first-order valence-electron chi connectivity index (χ1n) is 5.12. The molecule has 1 heterocycles. The van der Waals surface area contributed by atoms with E-state index in [1.54, 1.807) is 6.07 Å². The summed E-state index contributed by atoms with van der Waals surface area (Å²) in [5, 5.41) is 0.262. The highest BCUT2D eigenvalue weighted by Crippen LogP contribution is 2.33. The van der Waals surface area contributed by atoms with Crippen molar-refractivity contribution in [2.24, 2.45) is 0 Å². The number of benzene rings is 1. The summed E-state index contributed by atoms with van der Waals surface area (Å²) in [5.41, 5.74) is 6.27. The van der Waals surface area contributed by atoms with Gasteiger partial charge in [0.1, 0.15) is 17.3 Å². The maximum absolute atomic E-state index is 13.7. The quantitative estimate of drug-likeness (QED) is 0.807. The van der Waals surface area contributed by atoms with Gasteiger partial charge in [0.2, 0.25) is 0 Å². The van der Waals surface area contributed by atoms with Crippen LogP contribution < -0.4 is 11.6 Å². The fraction of sp³-hybridized carbons (Fsp3) is 0.182. The molecule has 2 aromatic rings. The zero-order valence-electron chi connectivity index (χ0n) is 9.24. The number of imidazole rings is 1. The summed E-state index contributed by atoms with van der Waals surface area (Å²) >= 11 is 5.96. The molecule has 0 fully saturated rings. The van der Waals surface area contributed by atoms with E-state index in [1.165, 1.54) is 16.8 Å². The number of aryl methyl sites for hydroxylation is 1. The number of halogens is 2. The summed E-state index contributed by atoms with van der Waals surface area (Å²) in [7, 11) is 0. The minimum absolute atomic E-state index is 0.186. The van der Waals surface area contributed by atoms with Crippen LogP contribution in [0.25, 0.3) is 11.3 Å².